The molecule has 1 aromatic rings. The molecule has 1 aliphatic heterocycles. The lowest BCUT2D eigenvalue weighted by Gasteiger charge is -2.01. The predicted octanol–water partition coefficient (Wildman–Crippen LogP) is 0.643. The van der Waals surface area contributed by atoms with E-state index in [1.54, 1.807) is 6.92 Å². The number of carbonyl (C=O) groups is 1. The van der Waals surface area contributed by atoms with Crippen LogP contribution in [0.3, 0.4) is 0 Å². The molecule has 0 atom stereocenters. The number of carbonyl (C=O) groups excluding carboxylic acids is 1. The van der Waals surface area contributed by atoms with Gasteiger partial charge < -0.3 is 10.5 Å². The number of nitrogen functional groups attached to an aromatic ring is 1. The maximum Gasteiger partial charge on any atom is 0.340 e. The number of esters is 1. The molecule has 0 spiro atoms. The summed E-state index contributed by atoms with van der Waals surface area (Å²) >= 11 is 0. The van der Waals surface area contributed by atoms with Crippen molar-refractivity contribution in [1.29, 1.82) is 0 Å². The summed E-state index contributed by atoms with van der Waals surface area (Å²) in [6.45, 7) is 2.09. The Labute approximate surface area is 69.4 Å². The second-order valence-electron chi connectivity index (χ2n) is 2.73. The smallest absolute Gasteiger partial charge is 0.340 e. The molecule has 1 aromatic heterocycles. The Bertz CT molecular complexity index is 360. The highest BCUT2D eigenvalue weighted by molar-refractivity contribution is 5.94. The first-order chi connectivity index (χ1) is 5.70. The molecule has 2 N–H and O–H groups in total. The van der Waals surface area contributed by atoms with Crippen molar-refractivity contribution in [3.63, 3.8) is 0 Å². The lowest BCUT2D eigenvalue weighted by molar-refractivity contribution is 0.0535. The number of anilines is 1. The second-order valence-corrected chi connectivity index (χ2v) is 2.73. The standard InChI is InChI=1S/C8H8N2O2/c1-4-7(9)6-3-12-8(11)5(6)2-10-4/h2H,3,9H2,1H3. The zero-order chi connectivity index (χ0) is 8.72. The van der Waals surface area contributed by atoms with Gasteiger partial charge in [0, 0.05) is 11.8 Å². The SMILES string of the molecule is Cc1ncc2c(c1N)COC2=O. The van der Waals surface area contributed by atoms with E-state index in [1.165, 1.54) is 6.20 Å². The van der Waals surface area contributed by atoms with Gasteiger partial charge in [-0.15, -0.1) is 0 Å². The van der Waals surface area contributed by atoms with E-state index >= 15 is 0 Å². The number of pyridine rings is 1. The first kappa shape index (κ1) is 7.09. The molecule has 1 aliphatic rings. The molecule has 0 aromatic carbocycles. The van der Waals surface area contributed by atoms with E-state index in [4.69, 9.17) is 10.5 Å². The van der Waals surface area contributed by atoms with Gasteiger partial charge in [0.05, 0.1) is 16.9 Å². The van der Waals surface area contributed by atoms with Gasteiger partial charge in [-0.05, 0) is 6.92 Å². The number of ether oxygens (including phenoxy) is 1. The highest BCUT2D eigenvalue weighted by atomic mass is 16.5. The van der Waals surface area contributed by atoms with Gasteiger partial charge in [0.2, 0.25) is 0 Å². The van der Waals surface area contributed by atoms with Gasteiger partial charge in [0.15, 0.2) is 0 Å². The molecule has 0 saturated carbocycles. The van der Waals surface area contributed by atoms with Crippen molar-refractivity contribution in [2.24, 2.45) is 0 Å². The topological polar surface area (TPSA) is 65.2 Å². The molecule has 0 bridgehead atoms. The normalized spacial score (nSPS) is 14.2. The minimum atomic E-state index is -0.329. The third kappa shape index (κ3) is 0.777. The van der Waals surface area contributed by atoms with Gasteiger partial charge in [-0.3, -0.25) is 4.98 Å². The number of aryl methyl sites for hydroxylation is 1. The van der Waals surface area contributed by atoms with E-state index in [9.17, 15) is 4.79 Å². The highest BCUT2D eigenvalue weighted by Crippen LogP contribution is 2.25. The van der Waals surface area contributed by atoms with Crippen LogP contribution in [0.25, 0.3) is 0 Å². The quantitative estimate of drug-likeness (QED) is 0.571. The van der Waals surface area contributed by atoms with Crippen molar-refractivity contribution < 1.29 is 9.53 Å². The number of aromatic nitrogens is 1. The summed E-state index contributed by atoms with van der Waals surface area (Å²) in [6.07, 6.45) is 1.51. The summed E-state index contributed by atoms with van der Waals surface area (Å²) in [6, 6.07) is 0. The van der Waals surface area contributed by atoms with Crippen LogP contribution in [0.2, 0.25) is 0 Å². The number of cyclic esters (lactones) is 1. The van der Waals surface area contributed by atoms with E-state index in [2.05, 4.69) is 4.98 Å². The Morgan fingerprint density at radius 2 is 2.42 bits per heavy atom. The average molecular weight is 164 g/mol. The highest BCUT2D eigenvalue weighted by Gasteiger charge is 2.24. The van der Waals surface area contributed by atoms with Crippen LogP contribution < -0.4 is 5.73 Å². The fourth-order valence-electron chi connectivity index (χ4n) is 1.22. The van der Waals surface area contributed by atoms with Crippen LogP contribution in [0, 0.1) is 6.92 Å². The van der Waals surface area contributed by atoms with Gasteiger partial charge in [-0.2, -0.15) is 0 Å². The number of nitrogens with two attached hydrogens (primary N) is 1. The lowest BCUT2D eigenvalue weighted by Crippen LogP contribution is -2.00. The summed E-state index contributed by atoms with van der Waals surface area (Å²) in [4.78, 5) is 15.0. The predicted molar refractivity (Wildman–Crippen MR) is 42.5 cm³/mol. The molecule has 0 fully saturated rings. The van der Waals surface area contributed by atoms with Gasteiger partial charge in [-0.1, -0.05) is 0 Å². The molecule has 0 aliphatic carbocycles. The minimum Gasteiger partial charge on any atom is -0.457 e. The van der Waals surface area contributed by atoms with Gasteiger partial charge in [0.1, 0.15) is 6.61 Å². The van der Waals surface area contributed by atoms with E-state index in [-0.39, 0.29) is 12.6 Å². The van der Waals surface area contributed by atoms with Crippen LogP contribution in [0.15, 0.2) is 6.20 Å². The van der Waals surface area contributed by atoms with Crippen molar-refractivity contribution in [1.82, 2.24) is 4.98 Å². The summed E-state index contributed by atoms with van der Waals surface area (Å²) < 4.78 is 4.80. The molecule has 62 valence electrons. The van der Waals surface area contributed by atoms with E-state index < -0.39 is 0 Å². The largest absolute Gasteiger partial charge is 0.457 e. The number of rotatable bonds is 0. The van der Waals surface area contributed by atoms with Crippen LogP contribution in [0.1, 0.15) is 21.6 Å². The lowest BCUT2D eigenvalue weighted by atomic mass is 10.1. The number of hydrogen-bond acceptors (Lipinski definition) is 4. The number of nitrogens with zero attached hydrogens (tertiary/aromatic N) is 1. The van der Waals surface area contributed by atoms with Gasteiger partial charge in [-0.25, -0.2) is 4.79 Å². The van der Waals surface area contributed by atoms with Crippen molar-refractivity contribution in [2.45, 2.75) is 13.5 Å². The minimum absolute atomic E-state index is 0.281. The zero-order valence-corrected chi connectivity index (χ0v) is 6.63. The summed E-state index contributed by atoms with van der Waals surface area (Å²) in [7, 11) is 0. The molecule has 0 amide bonds. The maximum absolute atomic E-state index is 11.0. The van der Waals surface area contributed by atoms with Crippen molar-refractivity contribution in [3.8, 4) is 0 Å². The molecule has 0 saturated heterocycles. The molecule has 0 unspecified atom stereocenters. The average Bonchev–Trinajstić information content (AvgIpc) is 2.41. The Kier molecular flexibility index (Phi) is 1.30. The number of fused-ring (bicyclic) bond motifs is 1. The Hall–Kier alpha value is -1.58. The molecule has 0 radical (unpaired) electrons. The molecule has 4 heteroatoms. The van der Waals surface area contributed by atoms with Gasteiger partial charge >= 0.3 is 5.97 Å². The fraction of sp³-hybridized carbons (Fsp3) is 0.250. The van der Waals surface area contributed by atoms with Crippen molar-refractivity contribution in [3.05, 3.63) is 23.0 Å². The van der Waals surface area contributed by atoms with Crippen LogP contribution in [-0.2, 0) is 11.3 Å². The van der Waals surface area contributed by atoms with E-state index in [1.807, 2.05) is 0 Å². The molecule has 2 rings (SSSR count). The first-order valence-electron chi connectivity index (χ1n) is 3.61. The number of hydrogen-bond donors (Lipinski definition) is 1. The Morgan fingerprint density at radius 1 is 1.67 bits per heavy atom. The van der Waals surface area contributed by atoms with E-state index in [0.29, 0.717) is 11.3 Å². The van der Waals surface area contributed by atoms with Gasteiger partial charge in [0.25, 0.3) is 0 Å². The summed E-state index contributed by atoms with van der Waals surface area (Å²) in [5.41, 5.74) is 8.28. The maximum atomic E-state index is 11.0. The third-order valence-electron chi connectivity index (χ3n) is 1.99. The fourth-order valence-corrected chi connectivity index (χ4v) is 1.22. The summed E-state index contributed by atoms with van der Waals surface area (Å²) in [5.74, 6) is -0.329. The molecule has 4 nitrogen and oxygen atoms in total. The third-order valence-corrected chi connectivity index (χ3v) is 1.99. The van der Waals surface area contributed by atoms with Crippen molar-refractivity contribution in [2.75, 3.05) is 5.73 Å². The molecular weight excluding hydrogens is 156 g/mol. The first-order valence-corrected chi connectivity index (χ1v) is 3.61. The van der Waals surface area contributed by atoms with Crippen molar-refractivity contribution >= 4 is 11.7 Å². The molecule has 2 heterocycles. The zero-order valence-electron chi connectivity index (χ0n) is 6.63. The van der Waals surface area contributed by atoms with Crippen LogP contribution in [0.5, 0.6) is 0 Å². The molecule has 12 heavy (non-hydrogen) atoms. The van der Waals surface area contributed by atoms with Crippen LogP contribution >= 0.6 is 0 Å². The van der Waals surface area contributed by atoms with Crippen LogP contribution in [0.4, 0.5) is 5.69 Å². The van der Waals surface area contributed by atoms with Crippen LogP contribution in [-0.4, -0.2) is 11.0 Å². The molecular formula is C8H8N2O2. The monoisotopic (exact) mass is 164 g/mol. The Balaban J connectivity index is 2.68. The van der Waals surface area contributed by atoms with E-state index in [0.717, 1.165) is 11.3 Å². The Morgan fingerprint density at radius 3 is 3.17 bits per heavy atom. The second kappa shape index (κ2) is 2.20. The summed E-state index contributed by atoms with van der Waals surface area (Å²) in [5, 5.41) is 0.